The average molecular weight is 286 g/mol. The van der Waals surface area contributed by atoms with E-state index < -0.39 is 6.10 Å². The first-order valence-corrected chi connectivity index (χ1v) is 7.21. The molecule has 0 fully saturated rings. The summed E-state index contributed by atoms with van der Waals surface area (Å²) in [4.78, 5) is 0. The fraction of sp³-hybridized carbons (Fsp3) is 0.333. The first-order chi connectivity index (χ1) is 10.1. The number of ether oxygens (including phenoxy) is 2. The van der Waals surface area contributed by atoms with E-state index in [1.165, 1.54) is 0 Å². The molecule has 2 aromatic rings. The molecule has 1 unspecified atom stereocenters. The largest absolute Gasteiger partial charge is 0.494 e. The highest BCUT2D eigenvalue weighted by Gasteiger charge is 2.10. The van der Waals surface area contributed by atoms with Crippen molar-refractivity contribution in [1.29, 1.82) is 0 Å². The zero-order valence-electron chi connectivity index (χ0n) is 12.8. The standard InChI is InChI=1S/C18H22O3/c1-4-20-16-9-7-15(8-10-16)17(19)12-21-18-11-13(2)5-6-14(18)3/h5-11,17,19H,4,12H2,1-3H3. The van der Waals surface area contributed by atoms with Crippen LogP contribution in [0.4, 0.5) is 0 Å². The van der Waals surface area contributed by atoms with Crippen LogP contribution < -0.4 is 9.47 Å². The molecule has 0 saturated carbocycles. The third-order valence-electron chi connectivity index (χ3n) is 3.32. The molecular weight excluding hydrogens is 264 g/mol. The van der Waals surface area contributed by atoms with Gasteiger partial charge in [0.05, 0.1) is 6.61 Å². The molecule has 3 nitrogen and oxygen atoms in total. The molecule has 2 aromatic carbocycles. The van der Waals surface area contributed by atoms with Gasteiger partial charge in [0.1, 0.15) is 24.2 Å². The van der Waals surface area contributed by atoms with Crippen molar-refractivity contribution in [2.24, 2.45) is 0 Å². The fourth-order valence-electron chi connectivity index (χ4n) is 2.08. The van der Waals surface area contributed by atoms with Crippen LogP contribution in [-0.2, 0) is 0 Å². The summed E-state index contributed by atoms with van der Waals surface area (Å²) in [5, 5.41) is 10.2. The van der Waals surface area contributed by atoms with Crippen LogP contribution in [0.5, 0.6) is 11.5 Å². The lowest BCUT2D eigenvalue weighted by Crippen LogP contribution is -2.10. The summed E-state index contributed by atoms with van der Waals surface area (Å²) in [6, 6.07) is 13.5. The number of benzene rings is 2. The Morgan fingerprint density at radius 1 is 1.00 bits per heavy atom. The second kappa shape index (κ2) is 7.14. The second-order valence-electron chi connectivity index (χ2n) is 5.10. The Balaban J connectivity index is 1.97. The maximum Gasteiger partial charge on any atom is 0.122 e. The van der Waals surface area contributed by atoms with Crippen LogP contribution in [0.1, 0.15) is 29.7 Å². The second-order valence-corrected chi connectivity index (χ2v) is 5.10. The lowest BCUT2D eigenvalue weighted by atomic mass is 10.1. The predicted octanol–water partition coefficient (Wildman–Crippen LogP) is 3.81. The van der Waals surface area contributed by atoms with E-state index >= 15 is 0 Å². The number of hydrogen-bond acceptors (Lipinski definition) is 3. The monoisotopic (exact) mass is 286 g/mol. The Morgan fingerprint density at radius 3 is 2.38 bits per heavy atom. The molecule has 1 N–H and O–H groups in total. The third kappa shape index (κ3) is 4.23. The first kappa shape index (κ1) is 15.4. The number of aryl methyl sites for hydroxylation is 2. The van der Waals surface area contributed by atoms with Gasteiger partial charge in [0, 0.05) is 0 Å². The topological polar surface area (TPSA) is 38.7 Å². The first-order valence-electron chi connectivity index (χ1n) is 7.21. The van der Waals surface area contributed by atoms with Gasteiger partial charge in [0.25, 0.3) is 0 Å². The van der Waals surface area contributed by atoms with E-state index in [4.69, 9.17) is 9.47 Å². The molecule has 0 aliphatic rings. The Morgan fingerprint density at radius 2 is 1.71 bits per heavy atom. The van der Waals surface area contributed by atoms with Crippen LogP contribution in [0.15, 0.2) is 42.5 Å². The minimum Gasteiger partial charge on any atom is -0.494 e. The minimum absolute atomic E-state index is 0.234. The molecule has 0 aromatic heterocycles. The summed E-state index contributed by atoms with van der Waals surface area (Å²) < 4.78 is 11.1. The van der Waals surface area contributed by atoms with Crippen molar-refractivity contribution in [2.75, 3.05) is 13.2 Å². The van der Waals surface area contributed by atoms with Crippen LogP contribution in [0.25, 0.3) is 0 Å². The van der Waals surface area contributed by atoms with E-state index in [1.54, 1.807) is 0 Å². The van der Waals surface area contributed by atoms with Crippen LogP contribution >= 0.6 is 0 Å². The summed E-state index contributed by atoms with van der Waals surface area (Å²) in [5.41, 5.74) is 3.04. The van der Waals surface area contributed by atoms with Gasteiger partial charge in [-0.25, -0.2) is 0 Å². The summed E-state index contributed by atoms with van der Waals surface area (Å²) in [6.45, 7) is 6.84. The molecule has 2 rings (SSSR count). The highest BCUT2D eigenvalue weighted by atomic mass is 16.5. The molecule has 0 saturated heterocycles. The van der Waals surface area contributed by atoms with Crippen molar-refractivity contribution in [2.45, 2.75) is 26.9 Å². The van der Waals surface area contributed by atoms with Gasteiger partial charge in [-0.1, -0.05) is 24.3 Å². The number of aliphatic hydroxyl groups excluding tert-OH is 1. The molecule has 1 atom stereocenters. The quantitative estimate of drug-likeness (QED) is 0.877. The highest BCUT2D eigenvalue weighted by Crippen LogP contribution is 2.22. The van der Waals surface area contributed by atoms with Gasteiger partial charge in [-0.2, -0.15) is 0 Å². The molecule has 0 aliphatic carbocycles. The molecule has 0 heterocycles. The Kier molecular flexibility index (Phi) is 5.23. The molecular formula is C18H22O3. The van der Waals surface area contributed by atoms with Gasteiger partial charge in [0.2, 0.25) is 0 Å². The van der Waals surface area contributed by atoms with E-state index in [1.807, 2.05) is 63.2 Å². The Hall–Kier alpha value is -2.00. The Bertz CT molecular complexity index is 576. The zero-order chi connectivity index (χ0) is 15.2. The molecule has 0 bridgehead atoms. The van der Waals surface area contributed by atoms with E-state index in [2.05, 4.69) is 0 Å². The summed E-state index contributed by atoms with van der Waals surface area (Å²) in [7, 11) is 0. The molecule has 3 heteroatoms. The van der Waals surface area contributed by atoms with E-state index in [0.717, 1.165) is 28.2 Å². The highest BCUT2D eigenvalue weighted by molar-refractivity contribution is 5.36. The summed E-state index contributed by atoms with van der Waals surface area (Å²) in [6.07, 6.45) is -0.652. The van der Waals surface area contributed by atoms with Crippen molar-refractivity contribution in [1.82, 2.24) is 0 Å². The van der Waals surface area contributed by atoms with Crippen molar-refractivity contribution in [3.05, 3.63) is 59.2 Å². The van der Waals surface area contributed by atoms with Gasteiger partial charge in [-0.3, -0.25) is 0 Å². The predicted molar refractivity (Wildman–Crippen MR) is 84.0 cm³/mol. The Labute approximate surface area is 126 Å². The third-order valence-corrected chi connectivity index (χ3v) is 3.32. The van der Waals surface area contributed by atoms with E-state index in [0.29, 0.717) is 6.61 Å². The zero-order valence-corrected chi connectivity index (χ0v) is 12.8. The van der Waals surface area contributed by atoms with Gasteiger partial charge in [-0.15, -0.1) is 0 Å². The molecule has 21 heavy (non-hydrogen) atoms. The van der Waals surface area contributed by atoms with Crippen molar-refractivity contribution < 1.29 is 14.6 Å². The molecule has 0 amide bonds. The van der Waals surface area contributed by atoms with Crippen molar-refractivity contribution >= 4 is 0 Å². The minimum atomic E-state index is -0.652. The van der Waals surface area contributed by atoms with Crippen molar-refractivity contribution in [3.63, 3.8) is 0 Å². The summed E-state index contributed by atoms with van der Waals surface area (Å²) >= 11 is 0. The molecule has 0 radical (unpaired) electrons. The average Bonchev–Trinajstić information content (AvgIpc) is 2.49. The van der Waals surface area contributed by atoms with Gasteiger partial charge in [-0.05, 0) is 55.7 Å². The van der Waals surface area contributed by atoms with Crippen LogP contribution in [-0.4, -0.2) is 18.3 Å². The normalized spacial score (nSPS) is 12.0. The van der Waals surface area contributed by atoms with Crippen molar-refractivity contribution in [3.8, 4) is 11.5 Å². The lowest BCUT2D eigenvalue weighted by molar-refractivity contribution is 0.107. The van der Waals surface area contributed by atoms with Crippen LogP contribution in [0.3, 0.4) is 0 Å². The number of aliphatic hydroxyl groups is 1. The summed E-state index contributed by atoms with van der Waals surface area (Å²) in [5.74, 6) is 1.63. The van der Waals surface area contributed by atoms with E-state index in [9.17, 15) is 5.11 Å². The fourth-order valence-corrected chi connectivity index (χ4v) is 2.08. The molecule has 0 aliphatic heterocycles. The van der Waals surface area contributed by atoms with Gasteiger partial charge in [0.15, 0.2) is 0 Å². The maximum absolute atomic E-state index is 10.2. The number of hydrogen-bond donors (Lipinski definition) is 1. The van der Waals surface area contributed by atoms with Gasteiger partial charge >= 0.3 is 0 Å². The molecule has 112 valence electrons. The van der Waals surface area contributed by atoms with Crippen LogP contribution in [0, 0.1) is 13.8 Å². The molecule has 0 spiro atoms. The lowest BCUT2D eigenvalue weighted by Gasteiger charge is -2.15. The van der Waals surface area contributed by atoms with Crippen LogP contribution in [0.2, 0.25) is 0 Å². The van der Waals surface area contributed by atoms with E-state index in [-0.39, 0.29) is 6.61 Å². The van der Waals surface area contributed by atoms with Gasteiger partial charge < -0.3 is 14.6 Å². The maximum atomic E-state index is 10.2. The SMILES string of the molecule is CCOc1ccc(C(O)COc2cc(C)ccc2C)cc1. The number of rotatable bonds is 6. The smallest absolute Gasteiger partial charge is 0.122 e.